The molecule has 0 bridgehead atoms. The molecule has 0 aromatic carbocycles. The molecule has 21 heavy (non-hydrogen) atoms. The Balaban J connectivity index is 1.85. The second-order valence-electron chi connectivity index (χ2n) is 5.71. The molecule has 2 aromatic heterocycles. The van der Waals surface area contributed by atoms with Gasteiger partial charge in [0.1, 0.15) is 0 Å². The van der Waals surface area contributed by atoms with E-state index < -0.39 is 0 Å². The SMILES string of the molecule is Cc1nn(C(=O)C2CCn3cncc3C2)c(C)c1CCN. The van der Waals surface area contributed by atoms with Gasteiger partial charge in [-0.05, 0) is 38.8 Å². The van der Waals surface area contributed by atoms with Crippen molar-refractivity contribution >= 4 is 5.91 Å². The number of carbonyl (C=O) groups excluding carboxylic acids is 1. The van der Waals surface area contributed by atoms with Crippen LogP contribution in [-0.2, 0) is 19.4 Å². The van der Waals surface area contributed by atoms with E-state index in [1.807, 2.05) is 26.4 Å². The highest BCUT2D eigenvalue weighted by Crippen LogP contribution is 2.23. The molecule has 0 fully saturated rings. The van der Waals surface area contributed by atoms with Gasteiger partial charge >= 0.3 is 0 Å². The van der Waals surface area contributed by atoms with Crippen LogP contribution < -0.4 is 5.73 Å². The van der Waals surface area contributed by atoms with E-state index in [4.69, 9.17) is 5.73 Å². The number of aromatic nitrogens is 4. The van der Waals surface area contributed by atoms with E-state index in [1.54, 1.807) is 4.68 Å². The third-order valence-electron chi connectivity index (χ3n) is 4.37. The smallest absolute Gasteiger partial charge is 0.250 e. The van der Waals surface area contributed by atoms with Crippen LogP contribution in [0.5, 0.6) is 0 Å². The van der Waals surface area contributed by atoms with Gasteiger partial charge in [0.2, 0.25) is 0 Å². The van der Waals surface area contributed by atoms with Crippen LogP contribution in [0.15, 0.2) is 12.5 Å². The van der Waals surface area contributed by atoms with Gasteiger partial charge < -0.3 is 10.3 Å². The molecule has 2 N–H and O–H groups in total. The van der Waals surface area contributed by atoms with Gasteiger partial charge in [-0.15, -0.1) is 0 Å². The van der Waals surface area contributed by atoms with Crippen LogP contribution >= 0.6 is 0 Å². The summed E-state index contributed by atoms with van der Waals surface area (Å²) in [5.41, 5.74) is 9.71. The fourth-order valence-electron chi connectivity index (χ4n) is 3.15. The molecule has 0 radical (unpaired) electrons. The van der Waals surface area contributed by atoms with Gasteiger partial charge in [-0.2, -0.15) is 5.10 Å². The Morgan fingerprint density at radius 3 is 3.05 bits per heavy atom. The number of fused-ring (bicyclic) bond motifs is 1. The van der Waals surface area contributed by atoms with Gasteiger partial charge in [0.05, 0.1) is 12.0 Å². The molecule has 0 amide bonds. The first kappa shape index (κ1) is 14.0. The number of nitrogens with two attached hydrogens (primary N) is 1. The fourth-order valence-corrected chi connectivity index (χ4v) is 3.15. The van der Waals surface area contributed by atoms with Crippen molar-refractivity contribution in [2.45, 2.75) is 39.7 Å². The van der Waals surface area contributed by atoms with Crippen molar-refractivity contribution in [3.05, 3.63) is 35.2 Å². The Bertz CT molecular complexity index is 670. The quantitative estimate of drug-likeness (QED) is 0.917. The molecule has 6 heteroatoms. The molecule has 2 aromatic rings. The summed E-state index contributed by atoms with van der Waals surface area (Å²) in [6.07, 6.45) is 6.03. The number of hydrogen-bond donors (Lipinski definition) is 1. The van der Waals surface area contributed by atoms with E-state index in [9.17, 15) is 4.79 Å². The van der Waals surface area contributed by atoms with Crippen molar-refractivity contribution in [3.63, 3.8) is 0 Å². The summed E-state index contributed by atoms with van der Waals surface area (Å²) < 4.78 is 3.70. The highest BCUT2D eigenvalue weighted by molar-refractivity contribution is 5.82. The van der Waals surface area contributed by atoms with Crippen molar-refractivity contribution in [2.75, 3.05) is 6.54 Å². The summed E-state index contributed by atoms with van der Waals surface area (Å²) in [6.45, 7) is 5.32. The molecule has 1 aliphatic rings. The van der Waals surface area contributed by atoms with Crippen LogP contribution in [0.3, 0.4) is 0 Å². The zero-order chi connectivity index (χ0) is 15.0. The number of carbonyl (C=O) groups is 1. The van der Waals surface area contributed by atoms with E-state index in [0.717, 1.165) is 48.5 Å². The Hall–Kier alpha value is -1.95. The first-order chi connectivity index (χ1) is 10.1. The second-order valence-corrected chi connectivity index (χ2v) is 5.71. The Morgan fingerprint density at radius 1 is 1.48 bits per heavy atom. The predicted molar refractivity (Wildman–Crippen MR) is 79.1 cm³/mol. The van der Waals surface area contributed by atoms with E-state index in [-0.39, 0.29) is 11.8 Å². The lowest BCUT2D eigenvalue weighted by Gasteiger charge is -2.22. The van der Waals surface area contributed by atoms with Crippen molar-refractivity contribution in [1.82, 2.24) is 19.3 Å². The van der Waals surface area contributed by atoms with Gasteiger partial charge in [-0.1, -0.05) is 0 Å². The van der Waals surface area contributed by atoms with Crippen LogP contribution in [-0.4, -0.2) is 31.8 Å². The average molecular weight is 287 g/mol. The standard InChI is InChI=1S/C15H21N5O/c1-10-14(3-5-16)11(2)20(18-10)15(21)12-4-6-19-9-17-8-13(19)7-12/h8-9,12H,3-7,16H2,1-2H3. The van der Waals surface area contributed by atoms with E-state index in [2.05, 4.69) is 14.6 Å². The molecule has 0 spiro atoms. The predicted octanol–water partition coefficient (Wildman–Crippen LogP) is 1.10. The molecule has 112 valence electrons. The molecule has 1 unspecified atom stereocenters. The molecule has 1 atom stereocenters. The lowest BCUT2D eigenvalue weighted by Crippen LogP contribution is -2.30. The third-order valence-corrected chi connectivity index (χ3v) is 4.37. The Kier molecular flexibility index (Phi) is 3.63. The van der Waals surface area contributed by atoms with Crippen molar-refractivity contribution in [3.8, 4) is 0 Å². The van der Waals surface area contributed by atoms with Crippen molar-refractivity contribution < 1.29 is 4.79 Å². The molecule has 3 heterocycles. The topological polar surface area (TPSA) is 78.7 Å². The molecular formula is C15H21N5O. The van der Waals surface area contributed by atoms with Crippen molar-refractivity contribution in [1.29, 1.82) is 0 Å². The molecule has 0 saturated heterocycles. The normalized spacial score (nSPS) is 17.8. The second kappa shape index (κ2) is 5.44. The van der Waals surface area contributed by atoms with Gasteiger partial charge in [-0.25, -0.2) is 9.67 Å². The lowest BCUT2D eigenvalue weighted by atomic mass is 9.95. The van der Waals surface area contributed by atoms with Crippen molar-refractivity contribution in [2.24, 2.45) is 11.7 Å². The number of imidazole rings is 1. The molecule has 0 aliphatic carbocycles. The first-order valence-corrected chi connectivity index (χ1v) is 7.40. The molecule has 0 saturated carbocycles. The van der Waals surface area contributed by atoms with Gasteiger partial charge in [0.15, 0.2) is 0 Å². The van der Waals surface area contributed by atoms with Crippen LogP contribution in [0.2, 0.25) is 0 Å². The molecular weight excluding hydrogens is 266 g/mol. The minimum Gasteiger partial charge on any atom is -0.335 e. The summed E-state index contributed by atoms with van der Waals surface area (Å²) in [4.78, 5) is 16.9. The van der Waals surface area contributed by atoms with E-state index >= 15 is 0 Å². The fraction of sp³-hybridized carbons (Fsp3) is 0.533. The zero-order valence-corrected chi connectivity index (χ0v) is 12.5. The van der Waals surface area contributed by atoms with Crippen LogP contribution in [0.1, 0.15) is 33.9 Å². The van der Waals surface area contributed by atoms with E-state index in [0.29, 0.717) is 6.54 Å². The molecule has 3 rings (SSSR count). The minimum atomic E-state index is -0.0158. The summed E-state index contributed by atoms with van der Waals surface area (Å²) in [6, 6.07) is 0. The number of aryl methyl sites for hydroxylation is 2. The van der Waals surface area contributed by atoms with Gasteiger partial charge in [0, 0.05) is 36.5 Å². The largest absolute Gasteiger partial charge is 0.335 e. The Morgan fingerprint density at radius 2 is 2.29 bits per heavy atom. The lowest BCUT2D eigenvalue weighted by molar-refractivity contribution is 0.0791. The van der Waals surface area contributed by atoms with Crippen LogP contribution in [0.4, 0.5) is 0 Å². The summed E-state index contributed by atoms with van der Waals surface area (Å²) in [5.74, 6) is 0.0734. The third kappa shape index (κ3) is 2.40. The van der Waals surface area contributed by atoms with Gasteiger partial charge in [-0.3, -0.25) is 4.79 Å². The maximum absolute atomic E-state index is 12.8. The van der Waals surface area contributed by atoms with Gasteiger partial charge in [0.25, 0.3) is 5.91 Å². The summed E-state index contributed by atoms with van der Waals surface area (Å²) in [7, 11) is 0. The molecule has 6 nitrogen and oxygen atoms in total. The van der Waals surface area contributed by atoms with E-state index in [1.165, 1.54) is 0 Å². The first-order valence-electron chi connectivity index (χ1n) is 7.40. The summed E-state index contributed by atoms with van der Waals surface area (Å²) >= 11 is 0. The minimum absolute atomic E-state index is 0.0158. The highest BCUT2D eigenvalue weighted by Gasteiger charge is 2.28. The number of nitrogens with zero attached hydrogens (tertiary/aromatic N) is 4. The summed E-state index contributed by atoms with van der Waals surface area (Å²) in [5, 5.41) is 4.44. The average Bonchev–Trinajstić information content (AvgIpc) is 3.05. The maximum atomic E-state index is 12.8. The maximum Gasteiger partial charge on any atom is 0.250 e. The van der Waals surface area contributed by atoms with Crippen LogP contribution in [0, 0.1) is 19.8 Å². The Labute approximate surface area is 124 Å². The molecule has 1 aliphatic heterocycles. The monoisotopic (exact) mass is 287 g/mol. The highest BCUT2D eigenvalue weighted by atomic mass is 16.2. The number of rotatable bonds is 3. The zero-order valence-electron chi connectivity index (χ0n) is 12.5. The number of hydrogen-bond acceptors (Lipinski definition) is 4. The van der Waals surface area contributed by atoms with Crippen LogP contribution in [0.25, 0.3) is 0 Å².